The maximum atomic E-state index is 2.58. The van der Waals surface area contributed by atoms with Crippen LogP contribution in [0, 0.1) is 20.8 Å². The molecule has 1 unspecified atom stereocenters. The quantitative estimate of drug-likeness (QED) is 0.195. The van der Waals surface area contributed by atoms with E-state index in [1.54, 1.807) is 0 Å². The molecule has 44 heavy (non-hydrogen) atoms. The molecule has 0 fully saturated rings. The average molecular weight is 705 g/mol. The fourth-order valence-electron chi connectivity index (χ4n) is 7.14. The Morgan fingerprint density at radius 2 is 0.818 bits per heavy atom. The number of hydrogen-bond acceptors (Lipinski definition) is 3. The Morgan fingerprint density at radius 3 is 1.05 bits per heavy atom. The van der Waals surface area contributed by atoms with Gasteiger partial charge in [-0.2, -0.15) is 0 Å². The molecular weight excluding hydrogens is 657 g/mol. The Balaban J connectivity index is 0.00000323. The molecule has 0 N–H and O–H groups in total. The summed E-state index contributed by atoms with van der Waals surface area (Å²) in [6.45, 7) is 16.4. The molecule has 0 aromatic heterocycles. The second-order valence-corrected chi connectivity index (χ2v) is 17.8. The maximum Gasteiger partial charge on any atom is -1.00 e. The Kier molecular flexibility index (Phi) is 13.6. The third-order valence-corrected chi connectivity index (χ3v) is 17.1. The third-order valence-electron chi connectivity index (χ3n) is 9.61. The summed E-state index contributed by atoms with van der Waals surface area (Å²) in [5, 5.41) is 4.24. The molecule has 0 spiro atoms. The van der Waals surface area contributed by atoms with Gasteiger partial charge in [0.25, 0.3) is 0 Å². The monoisotopic (exact) mass is 703 g/mol. The van der Waals surface area contributed by atoms with Crippen LogP contribution in [0.3, 0.4) is 0 Å². The summed E-state index contributed by atoms with van der Waals surface area (Å²) in [6, 6.07) is 21.5. The van der Waals surface area contributed by atoms with E-state index in [2.05, 4.69) is 180 Å². The van der Waals surface area contributed by atoms with Crippen molar-refractivity contribution in [2.75, 3.05) is 57.0 Å². The van der Waals surface area contributed by atoms with Gasteiger partial charge in [-0.3, -0.25) is 0 Å². The topological polar surface area (TPSA) is 9.72 Å². The molecule has 1 aliphatic rings. The Morgan fingerprint density at radius 1 is 0.523 bits per heavy atom. The maximum absolute atomic E-state index is 2.98. The van der Waals surface area contributed by atoms with Gasteiger partial charge in [-0.25, -0.2) is 0 Å². The van der Waals surface area contributed by atoms with Gasteiger partial charge >= 0.3 is 264 Å². The van der Waals surface area contributed by atoms with Crippen LogP contribution in [0.2, 0.25) is 5.04 Å². The predicted molar refractivity (Wildman–Crippen MR) is 181 cm³/mol. The molecule has 0 saturated heterocycles. The van der Waals surface area contributed by atoms with Crippen molar-refractivity contribution < 1.29 is 57.7 Å². The number of allylic oxidation sites excluding steroid dienone is 4. The SMILES string of the molecule is CC1=C(C)C(C)([Si](c2cc(C)ccc2N(C)C)(c2cc(C)ccc2N(C)C)c2cc(C)ccc2N(C)C)[C]([Ti+3])=C1C.[Cl-].[Cl-].[Cl-]. The molecule has 8 heteroatoms. The van der Waals surface area contributed by atoms with Crippen LogP contribution in [0.15, 0.2) is 75.2 Å². The summed E-state index contributed by atoms with van der Waals surface area (Å²) in [5.74, 6) is 0. The standard InChI is InChI=1S/C36H48N3Si.3ClH.Ti/c1-24-14-17-30(37(8)9)33(20-24)40(36(7)23-27(4)28(5)29(36)6,34-21-25(2)15-18-31(34)38(10)11)35-22-26(3)16-19-32(35)39(12)13;;;;/h14-22H,1-13H3;3*1H;/q;;;;+3/p-3. The van der Waals surface area contributed by atoms with Crippen LogP contribution in [0.5, 0.6) is 0 Å². The van der Waals surface area contributed by atoms with Crippen LogP contribution >= 0.6 is 0 Å². The molecule has 0 radical (unpaired) electrons. The number of nitrogens with zero attached hydrogens (tertiary/aromatic N) is 3. The van der Waals surface area contributed by atoms with E-state index in [9.17, 15) is 0 Å². The van der Waals surface area contributed by atoms with Crippen molar-refractivity contribution >= 4 is 40.7 Å². The van der Waals surface area contributed by atoms with Gasteiger partial charge in [-0.05, 0) is 0 Å². The Bertz CT molecular complexity index is 1410. The van der Waals surface area contributed by atoms with Crippen LogP contribution in [-0.2, 0) is 20.4 Å². The summed E-state index contributed by atoms with van der Waals surface area (Å²) < 4.78 is 1.50. The first-order valence-corrected chi connectivity index (χ1v) is 17.3. The fraction of sp³-hybridized carbons (Fsp3) is 0.389. The van der Waals surface area contributed by atoms with E-state index in [4.69, 9.17) is 0 Å². The largest absolute Gasteiger partial charge is 1.00 e. The van der Waals surface area contributed by atoms with Gasteiger partial charge in [0.2, 0.25) is 0 Å². The number of aryl methyl sites for hydroxylation is 3. The van der Waals surface area contributed by atoms with Crippen molar-refractivity contribution in [1.82, 2.24) is 0 Å². The van der Waals surface area contributed by atoms with Gasteiger partial charge in [0.05, 0.1) is 0 Å². The molecular formula is C36H48Cl3N3SiTi. The second kappa shape index (κ2) is 14.8. The Labute approximate surface area is 298 Å². The minimum atomic E-state index is -2.98. The summed E-state index contributed by atoms with van der Waals surface area (Å²) in [4.78, 5) is 7.01. The summed E-state index contributed by atoms with van der Waals surface area (Å²) in [5.41, 5.74) is 12.2. The second-order valence-electron chi connectivity index (χ2n) is 12.9. The van der Waals surface area contributed by atoms with E-state index in [-0.39, 0.29) is 42.3 Å². The molecule has 0 heterocycles. The number of anilines is 3. The van der Waals surface area contributed by atoms with Crippen molar-refractivity contribution in [2.45, 2.75) is 53.5 Å². The summed E-state index contributed by atoms with van der Waals surface area (Å²) >= 11 is 2.42. The molecule has 3 nitrogen and oxygen atoms in total. The molecule has 3 aromatic rings. The molecule has 0 aliphatic heterocycles. The zero-order valence-electron chi connectivity index (χ0n) is 28.7. The molecule has 236 valence electrons. The molecule has 3 aromatic carbocycles. The number of rotatable bonds is 7. The molecule has 1 atom stereocenters. The van der Waals surface area contributed by atoms with Gasteiger partial charge < -0.3 is 37.2 Å². The first kappa shape index (κ1) is 40.4. The zero-order chi connectivity index (χ0) is 30.6. The zero-order valence-corrected chi connectivity index (χ0v) is 33.5. The first-order chi connectivity index (χ1) is 19.1. The van der Waals surface area contributed by atoms with Crippen LogP contribution in [-0.4, -0.2) is 50.4 Å². The van der Waals surface area contributed by atoms with Crippen molar-refractivity contribution in [1.29, 1.82) is 0 Å². The first-order valence-electron chi connectivity index (χ1n) is 14.6. The van der Waals surface area contributed by atoms with E-state index < -0.39 is 8.07 Å². The van der Waals surface area contributed by atoms with Gasteiger partial charge in [0.1, 0.15) is 0 Å². The van der Waals surface area contributed by atoms with E-state index in [1.165, 1.54) is 69.9 Å². The van der Waals surface area contributed by atoms with Crippen LogP contribution in [0.4, 0.5) is 17.1 Å². The number of benzene rings is 3. The van der Waals surface area contributed by atoms with Gasteiger partial charge in [0.15, 0.2) is 0 Å². The molecule has 0 bridgehead atoms. The molecule has 0 saturated carbocycles. The van der Waals surface area contributed by atoms with E-state index in [0.717, 1.165) is 0 Å². The normalized spacial score (nSPS) is 16.2. The molecule has 4 rings (SSSR count). The number of hydrogen-bond donors (Lipinski definition) is 0. The number of halogens is 3. The van der Waals surface area contributed by atoms with Gasteiger partial charge in [0, 0.05) is 0 Å². The van der Waals surface area contributed by atoms with Gasteiger partial charge in [-0.1, -0.05) is 0 Å². The van der Waals surface area contributed by atoms with Crippen LogP contribution < -0.4 is 67.5 Å². The Hall–Kier alpha value is -1.66. The third kappa shape index (κ3) is 6.20. The van der Waals surface area contributed by atoms with Crippen molar-refractivity contribution in [3.63, 3.8) is 0 Å². The summed E-state index contributed by atoms with van der Waals surface area (Å²) in [6.07, 6.45) is 0. The van der Waals surface area contributed by atoms with Crippen molar-refractivity contribution in [3.8, 4) is 0 Å². The minimum Gasteiger partial charge on any atom is -1.00 e. The van der Waals surface area contributed by atoms with E-state index in [0.29, 0.717) is 0 Å². The minimum absolute atomic E-state index is 0. The smallest absolute Gasteiger partial charge is 1.00 e. The van der Waals surface area contributed by atoms with Crippen LogP contribution in [0.25, 0.3) is 0 Å². The van der Waals surface area contributed by atoms with Gasteiger partial charge in [-0.15, -0.1) is 0 Å². The van der Waals surface area contributed by atoms with Crippen molar-refractivity contribution in [3.05, 3.63) is 91.9 Å². The van der Waals surface area contributed by atoms with Crippen LogP contribution in [0.1, 0.15) is 44.4 Å². The van der Waals surface area contributed by atoms with E-state index >= 15 is 0 Å². The predicted octanol–water partition coefficient (Wildman–Crippen LogP) is -2.78. The fourth-order valence-corrected chi connectivity index (χ4v) is 15.8. The average Bonchev–Trinajstić information content (AvgIpc) is 3.04. The van der Waals surface area contributed by atoms with Crippen molar-refractivity contribution in [2.24, 2.45) is 0 Å². The molecule has 1 aliphatic carbocycles. The molecule has 0 amide bonds. The summed E-state index contributed by atoms with van der Waals surface area (Å²) in [7, 11) is 10.3. The van der Waals surface area contributed by atoms with E-state index in [1.807, 2.05) is 0 Å².